The molecular formula is C17H15ClN2O. The Labute approximate surface area is 128 Å². The van der Waals surface area contributed by atoms with Gasteiger partial charge in [0.15, 0.2) is 0 Å². The van der Waals surface area contributed by atoms with Gasteiger partial charge in [-0.2, -0.15) is 0 Å². The van der Waals surface area contributed by atoms with Gasteiger partial charge in [0.05, 0.1) is 10.5 Å². The predicted molar refractivity (Wildman–Crippen MR) is 85.9 cm³/mol. The van der Waals surface area contributed by atoms with Crippen LogP contribution in [0.1, 0.15) is 11.1 Å². The molecule has 1 heterocycles. The number of hydrogen-bond acceptors (Lipinski definition) is 3. The third-order valence-corrected chi connectivity index (χ3v) is 3.61. The summed E-state index contributed by atoms with van der Waals surface area (Å²) in [5.74, 6) is 1.10. The predicted octanol–water partition coefficient (Wildman–Crippen LogP) is 4.45. The molecule has 0 saturated carbocycles. The molecule has 0 saturated heterocycles. The number of ether oxygens (including phenoxy) is 1. The summed E-state index contributed by atoms with van der Waals surface area (Å²) < 4.78 is 5.84. The highest BCUT2D eigenvalue weighted by atomic mass is 35.5. The second kappa shape index (κ2) is 5.72. The van der Waals surface area contributed by atoms with E-state index in [2.05, 4.69) is 4.98 Å². The summed E-state index contributed by atoms with van der Waals surface area (Å²) in [5, 5.41) is 1.60. The maximum atomic E-state index is 6.16. The number of hydrogen-bond donors (Lipinski definition) is 1. The largest absolute Gasteiger partial charge is 0.437 e. The topological polar surface area (TPSA) is 48.1 Å². The number of nitrogens with zero attached hydrogens (tertiary/aromatic N) is 1. The number of aryl methyl sites for hydroxylation is 1. The van der Waals surface area contributed by atoms with Gasteiger partial charge >= 0.3 is 0 Å². The van der Waals surface area contributed by atoms with Crippen LogP contribution in [0.25, 0.3) is 10.9 Å². The van der Waals surface area contributed by atoms with Crippen molar-refractivity contribution in [2.24, 2.45) is 5.73 Å². The first-order valence-electron chi connectivity index (χ1n) is 6.70. The second-order valence-electron chi connectivity index (χ2n) is 4.88. The van der Waals surface area contributed by atoms with Gasteiger partial charge in [-0.05, 0) is 36.2 Å². The van der Waals surface area contributed by atoms with Crippen molar-refractivity contribution in [3.63, 3.8) is 0 Å². The summed E-state index contributed by atoms with van der Waals surface area (Å²) in [6.45, 7) is 2.42. The molecule has 0 fully saturated rings. The number of nitrogens with two attached hydrogens (primary N) is 1. The van der Waals surface area contributed by atoms with Crippen molar-refractivity contribution in [3.05, 3.63) is 64.7 Å². The Kier molecular flexibility index (Phi) is 3.78. The Hall–Kier alpha value is -2.10. The fraction of sp³-hybridized carbons (Fsp3) is 0.118. The highest BCUT2D eigenvalue weighted by Gasteiger charge is 2.08. The Balaban J connectivity index is 2.06. The molecule has 0 amide bonds. The van der Waals surface area contributed by atoms with E-state index in [1.165, 1.54) is 0 Å². The van der Waals surface area contributed by atoms with Gasteiger partial charge in [-0.25, -0.2) is 4.98 Å². The van der Waals surface area contributed by atoms with Gasteiger partial charge in [-0.1, -0.05) is 35.9 Å². The fourth-order valence-corrected chi connectivity index (χ4v) is 2.40. The second-order valence-corrected chi connectivity index (χ2v) is 5.28. The van der Waals surface area contributed by atoms with Crippen LogP contribution in [0.4, 0.5) is 0 Å². The number of para-hydroxylation sites is 1. The lowest BCUT2D eigenvalue weighted by atomic mass is 10.1. The van der Waals surface area contributed by atoms with E-state index >= 15 is 0 Å². The number of rotatable bonds is 3. The van der Waals surface area contributed by atoms with Crippen LogP contribution in [0.5, 0.6) is 11.6 Å². The van der Waals surface area contributed by atoms with E-state index in [0.29, 0.717) is 23.2 Å². The molecule has 0 aliphatic rings. The molecule has 2 aromatic carbocycles. The third-order valence-electron chi connectivity index (χ3n) is 3.30. The zero-order valence-corrected chi connectivity index (χ0v) is 12.4. The maximum Gasteiger partial charge on any atom is 0.220 e. The lowest BCUT2D eigenvalue weighted by molar-refractivity contribution is 0.464. The van der Waals surface area contributed by atoms with Crippen molar-refractivity contribution in [1.29, 1.82) is 0 Å². The highest BCUT2D eigenvalue weighted by molar-refractivity contribution is 6.32. The van der Waals surface area contributed by atoms with Crippen LogP contribution in [0.15, 0.2) is 48.5 Å². The van der Waals surface area contributed by atoms with Crippen LogP contribution in [0.3, 0.4) is 0 Å². The Bertz CT molecular complexity index is 802. The number of pyridine rings is 1. The first kappa shape index (κ1) is 13.9. The molecule has 0 radical (unpaired) electrons. The van der Waals surface area contributed by atoms with Crippen molar-refractivity contribution < 1.29 is 4.74 Å². The Morgan fingerprint density at radius 2 is 1.95 bits per heavy atom. The molecule has 0 aliphatic carbocycles. The van der Waals surface area contributed by atoms with E-state index in [9.17, 15) is 0 Å². The number of benzene rings is 2. The van der Waals surface area contributed by atoms with Gasteiger partial charge in [-0.3, -0.25) is 0 Å². The first-order valence-corrected chi connectivity index (χ1v) is 7.08. The minimum absolute atomic E-state index is 0.431. The molecule has 21 heavy (non-hydrogen) atoms. The van der Waals surface area contributed by atoms with Gasteiger partial charge in [0, 0.05) is 18.0 Å². The molecule has 3 rings (SSSR count). The molecule has 0 bridgehead atoms. The van der Waals surface area contributed by atoms with Crippen molar-refractivity contribution >= 4 is 22.5 Å². The molecule has 1 aromatic heterocycles. The monoisotopic (exact) mass is 298 g/mol. The zero-order valence-electron chi connectivity index (χ0n) is 11.6. The molecule has 106 valence electrons. The summed E-state index contributed by atoms with van der Waals surface area (Å²) in [6, 6.07) is 15.4. The van der Waals surface area contributed by atoms with Gasteiger partial charge in [0.1, 0.15) is 5.75 Å². The van der Waals surface area contributed by atoms with Gasteiger partial charge < -0.3 is 10.5 Å². The summed E-state index contributed by atoms with van der Waals surface area (Å²) in [6.07, 6.45) is 0. The fourth-order valence-electron chi connectivity index (χ4n) is 2.24. The van der Waals surface area contributed by atoms with Gasteiger partial charge in [0.25, 0.3) is 0 Å². The van der Waals surface area contributed by atoms with E-state index in [1.54, 1.807) is 0 Å². The van der Waals surface area contributed by atoms with E-state index in [1.807, 2.05) is 55.5 Å². The standard InChI is InChI=1S/C17H15ClN2O/c1-11-6-7-14(18)16(8-11)21-17-9-12(10-19)13-4-2-3-5-15(13)20-17/h2-9H,10,19H2,1H3. The number of halogens is 1. The van der Waals surface area contributed by atoms with Crippen LogP contribution in [0.2, 0.25) is 5.02 Å². The Morgan fingerprint density at radius 3 is 2.76 bits per heavy atom. The van der Waals surface area contributed by atoms with Gasteiger partial charge in [-0.15, -0.1) is 0 Å². The SMILES string of the molecule is Cc1ccc(Cl)c(Oc2cc(CN)c3ccccc3n2)c1. The molecular weight excluding hydrogens is 284 g/mol. The average molecular weight is 299 g/mol. The lowest BCUT2D eigenvalue weighted by Gasteiger charge is -2.11. The summed E-state index contributed by atoms with van der Waals surface area (Å²) >= 11 is 6.16. The van der Waals surface area contributed by atoms with E-state index in [4.69, 9.17) is 22.1 Å². The molecule has 4 heteroatoms. The van der Waals surface area contributed by atoms with Crippen LogP contribution in [-0.4, -0.2) is 4.98 Å². The number of fused-ring (bicyclic) bond motifs is 1. The van der Waals surface area contributed by atoms with Crippen molar-refractivity contribution in [3.8, 4) is 11.6 Å². The third kappa shape index (κ3) is 2.84. The van der Waals surface area contributed by atoms with E-state index < -0.39 is 0 Å². The van der Waals surface area contributed by atoms with Crippen LogP contribution in [0, 0.1) is 6.92 Å². The zero-order chi connectivity index (χ0) is 14.8. The quantitative estimate of drug-likeness (QED) is 0.777. The van der Waals surface area contributed by atoms with E-state index in [-0.39, 0.29) is 0 Å². The molecule has 2 N–H and O–H groups in total. The molecule has 0 atom stereocenters. The Morgan fingerprint density at radius 1 is 1.14 bits per heavy atom. The van der Waals surface area contributed by atoms with Gasteiger partial charge in [0.2, 0.25) is 5.88 Å². The van der Waals surface area contributed by atoms with Crippen molar-refractivity contribution in [2.45, 2.75) is 13.5 Å². The van der Waals surface area contributed by atoms with E-state index in [0.717, 1.165) is 22.0 Å². The average Bonchev–Trinajstić information content (AvgIpc) is 2.50. The lowest BCUT2D eigenvalue weighted by Crippen LogP contribution is -2.00. The molecule has 0 spiro atoms. The normalized spacial score (nSPS) is 10.8. The maximum absolute atomic E-state index is 6.16. The van der Waals surface area contributed by atoms with Crippen LogP contribution >= 0.6 is 11.6 Å². The minimum atomic E-state index is 0.431. The minimum Gasteiger partial charge on any atom is -0.437 e. The molecule has 0 aliphatic heterocycles. The smallest absolute Gasteiger partial charge is 0.220 e. The van der Waals surface area contributed by atoms with Crippen molar-refractivity contribution in [1.82, 2.24) is 4.98 Å². The summed E-state index contributed by atoms with van der Waals surface area (Å²) in [7, 11) is 0. The number of aromatic nitrogens is 1. The molecule has 3 nitrogen and oxygen atoms in total. The first-order chi connectivity index (χ1) is 10.2. The summed E-state index contributed by atoms with van der Waals surface area (Å²) in [4.78, 5) is 4.51. The molecule has 0 unspecified atom stereocenters. The van der Waals surface area contributed by atoms with Crippen LogP contribution in [-0.2, 0) is 6.54 Å². The van der Waals surface area contributed by atoms with Crippen molar-refractivity contribution in [2.75, 3.05) is 0 Å². The highest BCUT2D eigenvalue weighted by Crippen LogP contribution is 2.31. The molecule has 3 aromatic rings. The van der Waals surface area contributed by atoms with Crippen LogP contribution < -0.4 is 10.5 Å². The summed E-state index contributed by atoms with van der Waals surface area (Å²) in [5.41, 5.74) is 8.76.